The molecule has 0 aliphatic rings. The Morgan fingerprint density at radius 2 is 2.14 bits per heavy atom. The van der Waals surface area contributed by atoms with Crippen LogP contribution >= 0.6 is 23.4 Å². The Balaban J connectivity index is 2.20. The minimum Gasteiger partial charge on any atom is -0.301 e. The summed E-state index contributed by atoms with van der Waals surface area (Å²) in [4.78, 5) is 19.1. The Morgan fingerprint density at radius 1 is 1.38 bits per heavy atom. The number of benzene rings is 1. The van der Waals surface area contributed by atoms with Crippen LogP contribution in [0.5, 0.6) is 0 Å². The van der Waals surface area contributed by atoms with Crippen LogP contribution in [0.4, 0.5) is 4.39 Å². The van der Waals surface area contributed by atoms with Gasteiger partial charge in [-0.3, -0.25) is 4.79 Å². The molecule has 21 heavy (non-hydrogen) atoms. The van der Waals surface area contributed by atoms with E-state index in [0.29, 0.717) is 33.5 Å². The molecule has 2 aromatic rings. The topological polar surface area (TPSA) is 45.8 Å². The molecule has 1 aromatic carbocycles. The molecular weight excluding hydrogens is 311 g/mol. The van der Waals surface area contributed by atoms with E-state index in [1.54, 1.807) is 12.1 Å². The van der Waals surface area contributed by atoms with Crippen LogP contribution in [0.2, 0.25) is 5.02 Å². The fourth-order valence-corrected chi connectivity index (χ4v) is 3.26. The van der Waals surface area contributed by atoms with Crippen molar-refractivity contribution in [3.63, 3.8) is 0 Å². The molecule has 0 fully saturated rings. The highest BCUT2D eigenvalue weighted by Crippen LogP contribution is 2.26. The average molecular weight is 327 g/mol. The maximum absolute atomic E-state index is 13.7. The van der Waals surface area contributed by atoms with Crippen molar-refractivity contribution in [1.82, 2.24) is 9.97 Å². The molecule has 0 aliphatic heterocycles. The van der Waals surface area contributed by atoms with Crippen molar-refractivity contribution in [2.24, 2.45) is 0 Å². The van der Waals surface area contributed by atoms with E-state index in [1.165, 1.54) is 17.8 Å². The van der Waals surface area contributed by atoms with E-state index in [4.69, 9.17) is 11.6 Å². The van der Waals surface area contributed by atoms with Crippen LogP contribution in [-0.2, 0) is 12.2 Å². The van der Waals surface area contributed by atoms with E-state index in [1.807, 2.05) is 13.8 Å². The molecule has 6 heteroatoms. The fourth-order valence-electron chi connectivity index (χ4n) is 2.01. The van der Waals surface area contributed by atoms with Crippen LogP contribution in [0.15, 0.2) is 28.2 Å². The Kier molecular flexibility index (Phi) is 5.42. The second-order valence-corrected chi connectivity index (χ2v) is 6.05. The largest absolute Gasteiger partial charge is 0.301 e. The summed E-state index contributed by atoms with van der Waals surface area (Å²) in [5, 5.41) is 0.862. The number of nitrogens with one attached hydrogen (secondary N) is 1. The minimum absolute atomic E-state index is 0.119. The van der Waals surface area contributed by atoms with Gasteiger partial charge in [-0.05, 0) is 25.5 Å². The Bertz CT molecular complexity index is 682. The van der Waals surface area contributed by atoms with E-state index in [2.05, 4.69) is 9.97 Å². The third-order valence-electron chi connectivity index (χ3n) is 3.12. The molecule has 112 valence electrons. The Hall–Kier alpha value is -1.33. The summed E-state index contributed by atoms with van der Waals surface area (Å²) >= 11 is 7.24. The molecule has 0 bridgehead atoms. The number of hydrogen-bond donors (Lipinski definition) is 1. The zero-order valence-electron chi connectivity index (χ0n) is 11.9. The highest BCUT2D eigenvalue weighted by atomic mass is 35.5. The summed E-state index contributed by atoms with van der Waals surface area (Å²) in [6.07, 6.45) is 1.60. The second kappa shape index (κ2) is 7.09. The Morgan fingerprint density at radius 3 is 2.76 bits per heavy atom. The number of aryl methyl sites for hydroxylation is 1. The summed E-state index contributed by atoms with van der Waals surface area (Å²) in [5.41, 5.74) is 1.74. The van der Waals surface area contributed by atoms with Crippen LogP contribution in [0.1, 0.15) is 30.2 Å². The van der Waals surface area contributed by atoms with E-state index < -0.39 is 0 Å². The minimum atomic E-state index is -0.350. The maximum Gasteiger partial charge on any atom is 0.254 e. The molecule has 0 amide bonds. The quantitative estimate of drug-likeness (QED) is 0.664. The molecule has 1 heterocycles. The molecule has 0 radical (unpaired) electrons. The highest BCUT2D eigenvalue weighted by Gasteiger charge is 2.11. The Labute approximate surface area is 132 Å². The summed E-state index contributed by atoms with van der Waals surface area (Å²) in [5.74, 6) is -0.0299. The first-order valence-electron chi connectivity index (χ1n) is 6.68. The van der Waals surface area contributed by atoms with Crippen molar-refractivity contribution in [3.05, 3.63) is 56.2 Å². The zero-order valence-corrected chi connectivity index (χ0v) is 13.4. The van der Waals surface area contributed by atoms with Gasteiger partial charge in [0.15, 0.2) is 5.16 Å². The summed E-state index contributed by atoms with van der Waals surface area (Å²) < 4.78 is 13.7. The van der Waals surface area contributed by atoms with Gasteiger partial charge in [-0.15, -0.1) is 0 Å². The van der Waals surface area contributed by atoms with Crippen LogP contribution < -0.4 is 5.56 Å². The van der Waals surface area contributed by atoms with Crippen molar-refractivity contribution in [2.75, 3.05) is 0 Å². The van der Waals surface area contributed by atoms with Gasteiger partial charge in [0, 0.05) is 27.6 Å². The van der Waals surface area contributed by atoms with Gasteiger partial charge < -0.3 is 4.98 Å². The van der Waals surface area contributed by atoms with E-state index in [0.717, 1.165) is 12.1 Å². The summed E-state index contributed by atoms with van der Waals surface area (Å²) in [6, 6.07) is 4.58. The first kappa shape index (κ1) is 16.0. The number of H-pyrrole nitrogens is 1. The number of aromatic amines is 1. The van der Waals surface area contributed by atoms with Gasteiger partial charge in [-0.2, -0.15) is 0 Å². The third kappa shape index (κ3) is 3.86. The first-order chi connectivity index (χ1) is 10.0. The van der Waals surface area contributed by atoms with Crippen LogP contribution in [0.25, 0.3) is 0 Å². The molecule has 0 unspecified atom stereocenters. The standard InChI is InChI=1S/C15H16ClFN2OS/c1-3-5-10-9(2)18-15(19-14(10)20)21-8-11-12(16)6-4-7-13(11)17/h4,6-7H,3,5,8H2,1-2H3,(H,18,19,20). The van der Waals surface area contributed by atoms with Gasteiger partial charge in [-0.1, -0.05) is 42.8 Å². The molecule has 0 saturated carbocycles. The fraction of sp³-hybridized carbons (Fsp3) is 0.333. The lowest BCUT2D eigenvalue weighted by atomic mass is 10.1. The normalized spacial score (nSPS) is 10.9. The number of hydrogen-bond acceptors (Lipinski definition) is 3. The summed E-state index contributed by atoms with van der Waals surface area (Å²) in [6.45, 7) is 3.84. The van der Waals surface area contributed by atoms with Gasteiger partial charge in [0.25, 0.3) is 5.56 Å². The van der Waals surface area contributed by atoms with Crippen molar-refractivity contribution in [2.45, 2.75) is 37.6 Å². The average Bonchev–Trinajstić information content (AvgIpc) is 2.42. The van der Waals surface area contributed by atoms with Crippen molar-refractivity contribution in [1.29, 1.82) is 0 Å². The number of thioether (sulfide) groups is 1. The van der Waals surface area contributed by atoms with E-state index >= 15 is 0 Å². The zero-order chi connectivity index (χ0) is 15.4. The lowest BCUT2D eigenvalue weighted by Gasteiger charge is -2.07. The van der Waals surface area contributed by atoms with Crippen molar-refractivity contribution < 1.29 is 4.39 Å². The van der Waals surface area contributed by atoms with Crippen LogP contribution in [0.3, 0.4) is 0 Å². The molecule has 3 nitrogen and oxygen atoms in total. The van der Waals surface area contributed by atoms with Gasteiger partial charge in [0.1, 0.15) is 5.82 Å². The molecule has 0 atom stereocenters. The number of halogens is 2. The van der Waals surface area contributed by atoms with Gasteiger partial charge in [-0.25, -0.2) is 9.37 Å². The molecule has 2 rings (SSSR count). The third-order valence-corrected chi connectivity index (χ3v) is 4.37. The van der Waals surface area contributed by atoms with E-state index in [9.17, 15) is 9.18 Å². The maximum atomic E-state index is 13.7. The van der Waals surface area contributed by atoms with Crippen molar-refractivity contribution >= 4 is 23.4 Å². The highest BCUT2D eigenvalue weighted by molar-refractivity contribution is 7.98. The van der Waals surface area contributed by atoms with Gasteiger partial charge in [0.05, 0.1) is 0 Å². The molecule has 1 aromatic heterocycles. The summed E-state index contributed by atoms with van der Waals surface area (Å²) in [7, 11) is 0. The van der Waals surface area contributed by atoms with Gasteiger partial charge in [0.2, 0.25) is 0 Å². The van der Waals surface area contributed by atoms with Crippen molar-refractivity contribution in [3.8, 4) is 0 Å². The first-order valence-corrected chi connectivity index (χ1v) is 8.04. The monoisotopic (exact) mass is 326 g/mol. The predicted octanol–water partition coefficient (Wildman–Crippen LogP) is 4.12. The van der Waals surface area contributed by atoms with Gasteiger partial charge >= 0.3 is 0 Å². The molecule has 1 N–H and O–H groups in total. The van der Waals surface area contributed by atoms with Crippen LogP contribution in [-0.4, -0.2) is 9.97 Å². The van der Waals surface area contributed by atoms with Crippen LogP contribution in [0, 0.1) is 12.7 Å². The van der Waals surface area contributed by atoms with E-state index in [-0.39, 0.29) is 11.4 Å². The lowest BCUT2D eigenvalue weighted by Crippen LogP contribution is -2.17. The number of rotatable bonds is 5. The second-order valence-electron chi connectivity index (χ2n) is 4.67. The molecule has 0 saturated heterocycles. The number of aromatic nitrogens is 2. The SMILES string of the molecule is CCCc1c(C)nc(SCc2c(F)cccc2Cl)[nH]c1=O. The lowest BCUT2D eigenvalue weighted by molar-refractivity contribution is 0.617. The predicted molar refractivity (Wildman–Crippen MR) is 84.6 cm³/mol. The number of nitrogens with zero attached hydrogens (tertiary/aromatic N) is 1. The molecular formula is C15H16ClFN2OS. The molecule has 0 spiro atoms. The smallest absolute Gasteiger partial charge is 0.254 e. The molecule has 0 aliphatic carbocycles.